The lowest BCUT2D eigenvalue weighted by molar-refractivity contribution is -0.141. The van der Waals surface area contributed by atoms with E-state index >= 15 is 4.39 Å². The van der Waals surface area contributed by atoms with Crippen molar-refractivity contribution in [1.82, 2.24) is 9.88 Å². The molecule has 0 radical (unpaired) electrons. The van der Waals surface area contributed by atoms with E-state index in [4.69, 9.17) is 4.74 Å². The zero-order valence-electron chi connectivity index (χ0n) is 22.3. The van der Waals surface area contributed by atoms with Gasteiger partial charge in [-0.1, -0.05) is 0 Å². The monoisotopic (exact) mass is 546 g/mol. The van der Waals surface area contributed by atoms with Gasteiger partial charge in [0.2, 0.25) is 0 Å². The molecule has 39 heavy (non-hydrogen) atoms. The zero-order valence-corrected chi connectivity index (χ0v) is 22.3. The summed E-state index contributed by atoms with van der Waals surface area (Å²) in [6, 6.07) is 6.91. The first-order valence-electron chi connectivity index (χ1n) is 13.3. The smallest absolute Gasteiger partial charge is 0.303 e. The predicted octanol–water partition coefficient (Wildman–Crippen LogP) is 6.95. The van der Waals surface area contributed by atoms with Gasteiger partial charge >= 0.3 is 5.97 Å². The molecule has 1 aliphatic heterocycles. The zero-order chi connectivity index (χ0) is 28.2. The number of alkyl halides is 1. The van der Waals surface area contributed by atoms with Crippen LogP contribution >= 0.6 is 0 Å². The van der Waals surface area contributed by atoms with Crippen molar-refractivity contribution >= 4 is 16.9 Å². The molecule has 1 aliphatic rings. The van der Waals surface area contributed by atoms with E-state index in [1.54, 1.807) is 31.5 Å². The Morgan fingerprint density at radius 2 is 1.92 bits per heavy atom. The molecule has 1 N–H and O–H groups in total. The maximum atomic E-state index is 15.8. The summed E-state index contributed by atoms with van der Waals surface area (Å²) in [6.45, 7) is 3.66. The fraction of sp³-hybridized carbons (Fsp3) is 0.467. The molecule has 2 aromatic carbocycles. The number of likely N-dealkylation sites (tertiary alicyclic amines) is 1. The molecule has 210 valence electrons. The molecule has 1 atom stereocenters. The molecule has 0 aliphatic carbocycles. The van der Waals surface area contributed by atoms with E-state index in [1.165, 1.54) is 0 Å². The number of hydrogen-bond donors (Lipinski definition) is 1. The Morgan fingerprint density at radius 1 is 1.18 bits per heavy atom. The number of halogens is 4. The largest absolute Gasteiger partial charge is 0.497 e. The number of hydrogen-bond acceptors (Lipinski definition) is 4. The normalized spacial score (nSPS) is 16.4. The van der Waals surface area contributed by atoms with Crippen LogP contribution in [-0.2, 0) is 11.2 Å². The van der Waals surface area contributed by atoms with E-state index in [0.717, 1.165) is 11.6 Å². The fourth-order valence-electron chi connectivity index (χ4n) is 5.78. The van der Waals surface area contributed by atoms with Crippen LogP contribution in [0.25, 0.3) is 10.9 Å². The molecule has 1 fully saturated rings. The van der Waals surface area contributed by atoms with E-state index < -0.39 is 35.0 Å². The molecule has 0 amide bonds. The summed E-state index contributed by atoms with van der Waals surface area (Å²) in [5.74, 6) is -3.31. The first-order chi connectivity index (χ1) is 18.6. The quantitative estimate of drug-likeness (QED) is 0.208. The Labute approximate surface area is 225 Å². The number of benzene rings is 2. The number of methoxy groups -OCH3 is 1. The second-order valence-corrected chi connectivity index (χ2v) is 10.6. The number of rotatable bonds is 11. The number of aromatic nitrogens is 1. The lowest BCUT2D eigenvalue weighted by Crippen LogP contribution is -2.41. The predicted molar refractivity (Wildman–Crippen MR) is 141 cm³/mol. The summed E-state index contributed by atoms with van der Waals surface area (Å²) >= 11 is 0. The van der Waals surface area contributed by atoms with E-state index in [0.29, 0.717) is 73.6 Å². The van der Waals surface area contributed by atoms with Crippen LogP contribution in [0.1, 0.15) is 61.4 Å². The summed E-state index contributed by atoms with van der Waals surface area (Å²) in [6.07, 6.45) is 2.85. The standard InChI is InChI=1S/C30H34F4N2O3/c1-19-18-35-26-6-5-22(39-2)16-23(26)28(19)24(32)7-8-30(17-27(37)38)9-12-36(13-10-30)11-3-4-20-14-21(31)15-25(33)29(20)34/h5-6,14-16,18,24H,3-4,7-13,17H2,1-2H3,(H,37,38)/t24-/m1/s1. The van der Waals surface area contributed by atoms with Crippen molar-refractivity contribution in [2.45, 2.75) is 58.0 Å². The van der Waals surface area contributed by atoms with Crippen molar-refractivity contribution in [3.8, 4) is 5.75 Å². The maximum absolute atomic E-state index is 15.8. The second-order valence-electron chi connectivity index (χ2n) is 10.6. The molecule has 0 bridgehead atoms. The van der Waals surface area contributed by atoms with Gasteiger partial charge in [-0.2, -0.15) is 0 Å². The second kappa shape index (κ2) is 12.3. The number of pyridine rings is 1. The van der Waals surface area contributed by atoms with Crippen molar-refractivity contribution < 1.29 is 32.2 Å². The SMILES string of the molecule is COc1ccc2ncc(C)c([C@H](F)CCC3(CC(=O)O)CCN(CCCc4cc(F)cc(F)c4F)CC3)c2c1. The lowest BCUT2D eigenvalue weighted by atomic mass is 9.71. The van der Waals surface area contributed by atoms with E-state index in [2.05, 4.69) is 9.88 Å². The number of fused-ring (bicyclic) bond motifs is 1. The van der Waals surface area contributed by atoms with Crippen LogP contribution in [0.3, 0.4) is 0 Å². The van der Waals surface area contributed by atoms with Gasteiger partial charge in [0.05, 0.1) is 19.0 Å². The van der Waals surface area contributed by atoms with Gasteiger partial charge in [-0.05, 0) is 111 Å². The third-order valence-electron chi connectivity index (χ3n) is 7.99. The molecular weight excluding hydrogens is 512 g/mol. The lowest BCUT2D eigenvalue weighted by Gasteiger charge is -2.41. The van der Waals surface area contributed by atoms with Gasteiger partial charge in [-0.25, -0.2) is 17.6 Å². The summed E-state index contributed by atoms with van der Waals surface area (Å²) < 4.78 is 62.0. The Kier molecular flexibility index (Phi) is 9.10. The van der Waals surface area contributed by atoms with Gasteiger partial charge in [-0.3, -0.25) is 9.78 Å². The van der Waals surface area contributed by atoms with E-state index in [-0.39, 0.29) is 24.8 Å². The molecule has 1 aromatic heterocycles. The van der Waals surface area contributed by atoms with Crippen LogP contribution in [0.4, 0.5) is 17.6 Å². The number of carboxylic acid groups (broad SMARTS) is 1. The topological polar surface area (TPSA) is 62.7 Å². The molecule has 0 saturated carbocycles. The first kappa shape index (κ1) is 28.8. The first-order valence-corrected chi connectivity index (χ1v) is 13.3. The minimum Gasteiger partial charge on any atom is -0.497 e. The summed E-state index contributed by atoms with van der Waals surface area (Å²) in [4.78, 5) is 18.3. The molecule has 1 saturated heterocycles. The highest BCUT2D eigenvalue weighted by Crippen LogP contribution is 2.43. The Morgan fingerprint density at radius 3 is 2.62 bits per heavy atom. The summed E-state index contributed by atoms with van der Waals surface area (Å²) in [5, 5.41) is 10.3. The molecule has 5 nitrogen and oxygen atoms in total. The van der Waals surface area contributed by atoms with Crippen molar-refractivity contribution in [1.29, 1.82) is 0 Å². The van der Waals surface area contributed by atoms with Crippen LogP contribution in [0.15, 0.2) is 36.5 Å². The highest BCUT2D eigenvalue weighted by molar-refractivity contribution is 5.85. The summed E-state index contributed by atoms with van der Waals surface area (Å²) in [7, 11) is 1.55. The molecule has 2 heterocycles. The number of aliphatic carboxylic acids is 1. The van der Waals surface area contributed by atoms with Gasteiger partial charge in [0.1, 0.15) is 17.7 Å². The molecule has 0 unspecified atom stereocenters. The number of carboxylic acids is 1. The van der Waals surface area contributed by atoms with Crippen LogP contribution in [0.5, 0.6) is 5.75 Å². The van der Waals surface area contributed by atoms with Gasteiger partial charge in [0, 0.05) is 17.6 Å². The Hall–Kier alpha value is -3.20. The average Bonchev–Trinajstić information content (AvgIpc) is 2.90. The molecule has 0 spiro atoms. The molecule has 3 aromatic rings. The molecular formula is C30H34F4N2O3. The van der Waals surface area contributed by atoms with Gasteiger partial charge in [0.25, 0.3) is 0 Å². The number of piperidine rings is 1. The van der Waals surface area contributed by atoms with Crippen molar-refractivity contribution in [3.63, 3.8) is 0 Å². The van der Waals surface area contributed by atoms with Crippen molar-refractivity contribution in [2.24, 2.45) is 5.41 Å². The molecule has 4 rings (SSSR count). The van der Waals surface area contributed by atoms with E-state index in [9.17, 15) is 23.1 Å². The van der Waals surface area contributed by atoms with Gasteiger partial charge < -0.3 is 14.7 Å². The van der Waals surface area contributed by atoms with Crippen LogP contribution in [0, 0.1) is 29.8 Å². The Balaban J connectivity index is 1.39. The highest BCUT2D eigenvalue weighted by atomic mass is 19.2. The highest BCUT2D eigenvalue weighted by Gasteiger charge is 2.37. The summed E-state index contributed by atoms with van der Waals surface area (Å²) in [5.41, 5.74) is 1.45. The third kappa shape index (κ3) is 6.87. The third-order valence-corrected chi connectivity index (χ3v) is 7.99. The maximum Gasteiger partial charge on any atom is 0.303 e. The number of carbonyl (C=O) groups is 1. The number of aryl methyl sites for hydroxylation is 2. The minimum atomic E-state index is -1.28. The van der Waals surface area contributed by atoms with Crippen LogP contribution < -0.4 is 4.74 Å². The van der Waals surface area contributed by atoms with Crippen LogP contribution in [0.2, 0.25) is 0 Å². The van der Waals surface area contributed by atoms with Crippen molar-refractivity contribution in [3.05, 3.63) is 70.7 Å². The fourth-order valence-corrected chi connectivity index (χ4v) is 5.78. The van der Waals surface area contributed by atoms with Gasteiger partial charge in [-0.15, -0.1) is 0 Å². The van der Waals surface area contributed by atoms with E-state index in [1.807, 2.05) is 6.92 Å². The molecule has 9 heteroatoms. The average molecular weight is 547 g/mol. The Bertz CT molecular complexity index is 1330. The van der Waals surface area contributed by atoms with Crippen LogP contribution in [-0.4, -0.2) is 47.7 Å². The van der Waals surface area contributed by atoms with Crippen molar-refractivity contribution in [2.75, 3.05) is 26.7 Å². The number of nitrogens with zero attached hydrogens (tertiary/aromatic N) is 2. The van der Waals surface area contributed by atoms with Gasteiger partial charge in [0.15, 0.2) is 11.6 Å². The number of ether oxygens (including phenoxy) is 1. The minimum absolute atomic E-state index is 0.00951.